The third-order valence-electron chi connectivity index (χ3n) is 8.72. The maximum atomic E-state index is 13.9. The molecule has 1 aromatic heterocycles. The molecule has 0 radical (unpaired) electrons. The minimum Gasteiger partial charge on any atom is -0.390 e. The SMILES string of the molecule is CC(C)[C@@H](NC(=O)N(C)Cc1ccccn1)C(=O)N[C@@H](Cc1ccccc1)[C@H](O)CN1CC[C@@H](Sc2ccccc2)C[C@H]1C(=O)NC(C)(C)C. The van der Waals surface area contributed by atoms with Gasteiger partial charge >= 0.3 is 6.03 Å². The predicted octanol–water partition coefficient (Wildman–Crippen LogP) is 4.88. The molecule has 4 rings (SSSR count). The maximum absolute atomic E-state index is 13.9. The lowest BCUT2D eigenvalue weighted by Gasteiger charge is -2.41. The highest BCUT2D eigenvalue weighted by Crippen LogP contribution is 2.33. The Hall–Kier alpha value is -3.93. The van der Waals surface area contributed by atoms with Crippen LogP contribution < -0.4 is 16.0 Å². The number of aliphatic hydroxyl groups excluding tert-OH is 1. The van der Waals surface area contributed by atoms with Gasteiger partial charge in [-0.25, -0.2) is 4.79 Å². The van der Waals surface area contributed by atoms with Gasteiger partial charge in [0.2, 0.25) is 11.8 Å². The number of urea groups is 1. The number of likely N-dealkylation sites (tertiary alicyclic amines) is 1. The van der Waals surface area contributed by atoms with Gasteiger partial charge in [0, 0.05) is 42.0 Å². The monoisotopic (exact) mass is 702 g/mol. The molecule has 50 heavy (non-hydrogen) atoms. The van der Waals surface area contributed by atoms with Gasteiger partial charge in [-0.15, -0.1) is 11.8 Å². The number of nitrogens with one attached hydrogen (secondary N) is 3. The van der Waals surface area contributed by atoms with Gasteiger partial charge in [-0.1, -0.05) is 68.4 Å². The smallest absolute Gasteiger partial charge is 0.318 e. The van der Waals surface area contributed by atoms with E-state index in [4.69, 9.17) is 0 Å². The van der Waals surface area contributed by atoms with Crippen molar-refractivity contribution in [2.75, 3.05) is 20.1 Å². The second kappa shape index (κ2) is 18.3. The number of β-amino-alcohol motifs (C(OH)–C–C–N with tert-alkyl or cyclic N) is 1. The average Bonchev–Trinajstić information content (AvgIpc) is 3.07. The van der Waals surface area contributed by atoms with E-state index >= 15 is 0 Å². The van der Waals surface area contributed by atoms with Crippen LogP contribution >= 0.6 is 11.8 Å². The standard InChI is InChI=1S/C39H54N6O4S/c1-27(2)35(42-38(49)44(6)25-29-17-13-14-21-40-29)37(48)41-32(23-28-15-9-7-10-16-28)34(46)26-45-22-20-31(50-30-18-11-8-12-19-30)24-33(45)36(47)43-39(3,4)5/h7-19,21,27,31-35,46H,20,22-26H2,1-6H3,(H,41,48)(H,42,49)(H,43,47)/t31-,32+,33+,34-,35-/m1/s1. The van der Waals surface area contributed by atoms with Crippen LogP contribution in [0.2, 0.25) is 0 Å². The van der Waals surface area contributed by atoms with Crippen molar-refractivity contribution in [1.29, 1.82) is 0 Å². The molecular formula is C39H54N6O4S. The Morgan fingerprint density at radius 2 is 1.64 bits per heavy atom. The zero-order valence-electron chi connectivity index (χ0n) is 30.2. The fourth-order valence-electron chi connectivity index (χ4n) is 6.10. The third kappa shape index (κ3) is 12.1. The van der Waals surface area contributed by atoms with E-state index in [1.165, 1.54) is 9.80 Å². The lowest BCUT2D eigenvalue weighted by molar-refractivity contribution is -0.130. The second-order valence-electron chi connectivity index (χ2n) is 14.5. The number of benzene rings is 2. The lowest BCUT2D eigenvalue weighted by Crippen LogP contribution is -2.60. The summed E-state index contributed by atoms with van der Waals surface area (Å²) in [6, 6.07) is 23.1. The summed E-state index contributed by atoms with van der Waals surface area (Å²) in [6.45, 7) is 10.8. The van der Waals surface area contributed by atoms with E-state index in [1.807, 2.05) is 101 Å². The number of hydrogen-bond donors (Lipinski definition) is 4. The van der Waals surface area contributed by atoms with E-state index in [2.05, 4.69) is 38.0 Å². The molecule has 2 heterocycles. The van der Waals surface area contributed by atoms with Crippen LogP contribution in [0.25, 0.3) is 0 Å². The number of rotatable bonds is 14. The highest BCUT2D eigenvalue weighted by atomic mass is 32.2. The summed E-state index contributed by atoms with van der Waals surface area (Å²) in [6.07, 6.45) is 2.56. The molecule has 0 bridgehead atoms. The quantitative estimate of drug-likeness (QED) is 0.189. The lowest BCUT2D eigenvalue weighted by atomic mass is 9.95. The van der Waals surface area contributed by atoms with Gasteiger partial charge in [-0.3, -0.25) is 19.5 Å². The van der Waals surface area contributed by atoms with Gasteiger partial charge in [0.1, 0.15) is 6.04 Å². The van der Waals surface area contributed by atoms with Gasteiger partial charge in [0.05, 0.1) is 30.4 Å². The number of carbonyl (C=O) groups excluding carboxylic acids is 3. The molecular weight excluding hydrogens is 649 g/mol. The Kier molecular flexibility index (Phi) is 14.3. The van der Waals surface area contributed by atoms with Crippen LogP contribution in [0.4, 0.5) is 4.79 Å². The Bertz CT molecular complexity index is 1510. The van der Waals surface area contributed by atoms with Gasteiger partial charge < -0.3 is 26.0 Å². The molecule has 3 aromatic rings. The number of amides is 4. The van der Waals surface area contributed by atoms with E-state index in [0.717, 1.165) is 17.7 Å². The molecule has 0 unspecified atom stereocenters. The van der Waals surface area contributed by atoms with Crippen LogP contribution in [0.1, 0.15) is 58.7 Å². The Labute approximate surface area is 301 Å². The van der Waals surface area contributed by atoms with Crippen molar-refractivity contribution in [3.63, 3.8) is 0 Å². The van der Waals surface area contributed by atoms with Gasteiger partial charge in [0.15, 0.2) is 0 Å². The minimum absolute atomic E-state index is 0.0656. The van der Waals surface area contributed by atoms with E-state index in [1.54, 1.807) is 25.0 Å². The number of carbonyl (C=O) groups is 3. The molecule has 0 aliphatic carbocycles. The number of nitrogens with zero attached hydrogens (tertiary/aromatic N) is 3. The molecule has 1 fully saturated rings. The molecule has 1 saturated heterocycles. The molecule has 1 aliphatic heterocycles. The van der Waals surface area contributed by atoms with E-state index in [-0.39, 0.29) is 29.5 Å². The number of aliphatic hydroxyl groups is 1. The van der Waals surface area contributed by atoms with Crippen LogP contribution in [-0.2, 0) is 22.6 Å². The van der Waals surface area contributed by atoms with Crippen molar-refractivity contribution in [3.05, 3.63) is 96.3 Å². The Morgan fingerprint density at radius 1 is 0.980 bits per heavy atom. The number of hydrogen-bond acceptors (Lipinski definition) is 7. The second-order valence-corrected chi connectivity index (χ2v) is 15.9. The van der Waals surface area contributed by atoms with Crippen molar-refractivity contribution in [2.24, 2.45) is 5.92 Å². The molecule has 0 spiro atoms. The number of pyridine rings is 1. The Morgan fingerprint density at radius 3 is 2.26 bits per heavy atom. The van der Waals surface area contributed by atoms with Crippen molar-refractivity contribution < 1.29 is 19.5 Å². The summed E-state index contributed by atoms with van der Waals surface area (Å²) < 4.78 is 0. The van der Waals surface area contributed by atoms with Crippen molar-refractivity contribution in [1.82, 2.24) is 30.7 Å². The highest BCUT2D eigenvalue weighted by Gasteiger charge is 2.38. The van der Waals surface area contributed by atoms with Crippen molar-refractivity contribution in [2.45, 2.75) is 100 Å². The number of aromatic nitrogens is 1. The number of piperidine rings is 1. The van der Waals surface area contributed by atoms with Crippen LogP contribution in [0.5, 0.6) is 0 Å². The van der Waals surface area contributed by atoms with Gasteiger partial charge in [-0.2, -0.15) is 0 Å². The maximum Gasteiger partial charge on any atom is 0.318 e. The summed E-state index contributed by atoms with van der Waals surface area (Å²) in [7, 11) is 1.66. The average molecular weight is 703 g/mol. The summed E-state index contributed by atoms with van der Waals surface area (Å²) in [5.41, 5.74) is 1.28. The fourth-order valence-corrected chi connectivity index (χ4v) is 7.30. The largest absolute Gasteiger partial charge is 0.390 e. The van der Waals surface area contributed by atoms with Crippen LogP contribution in [-0.4, -0.2) is 92.9 Å². The van der Waals surface area contributed by atoms with E-state index in [0.29, 0.717) is 25.9 Å². The Balaban J connectivity index is 1.49. The molecule has 10 nitrogen and oxygen atoms in total. The zero-order valence-corrected chi connectivity index (χ0v) is 31.0. The van der Waals surface area contributed by atoms with E-state index < -0.39 is 35.8 Å². The summed E-state index contributed by atoms with van der Waals surface area (Å²) in [5.74, 6) is -0.660. The molecule has 4 N–H and O–H groups in total. The van der Waals surface area contributed by atoms with Crippen LogP contribution in [0, 0.1) is 5.92 Å². The molecule has 5 atom stereocenters. The molecule has 1 aliphatic rings. The van der Waals surface area contributed by atoms with Gasteiger partial charge in [0.25, 0.3) is 0 Å². The summed E-state index contributed by atoms with van der Waals surface area (Å²) >= 11 is 1.79. The van der Waals surface area contributed by atoms with Crippen LogP contribution in [0.15, 0.2) is 90.0 Å². The minimum atomic E-state index is -0.988. The van der Waals surface area contributed by atoms with Crippen molar-refractivity contribution in [3.8, 4) is 0 Å². The first-order chi connectivity index (χ1) is 23.8. The van der Waals surface area contributed by atoms with Gasteiger partial charge in [-0.05, 0) is 75.8 Å². The molecule has 270 valence electrons. The zero-order chi connectivity index (χ0) is 36.3. The molecule has 2 aromatic carbocycles. The topological polar surface area (TPSA) is 127 Å². The number of thioether (sulfide) groups is 1. The highest BCUT2D eigenvalue weighted by molar-refractivity contribution is 8.00. The predicted molar refractivity (Wildman–Crippen MR) is 200 cm³/mol. The van der Waals surface area contributed by atoms with Crippen LogP contribution in [0.3, 0.4) is 0 Å². The molecule has 11 heteroatoms. The first-order valence-corrected chi connectivity index (χ1v) is 18.4. The summed E-state index contributed by atoms with van der Waals surface area (Å²) in [4.78, 5) is 49.8. The first-order valence-electron chi connectivity index (χ1n) is 17.5. The first kappa shape index (κ1) is 38.9. The summed E-state index contributed by atoms with van der Waals surface area (Å²) in [5, 5.41) is 21.2. The molecule has 0 saturated carbocycles. The third-order valence-corrected chi connectivity index (χ3v) is 10.0. The van der Waals surface area contributed by atoms with E-state index in [9.17, 15) is 19.5 Å². The fraction of sp³-hybridized carbons (Fsp3) is 0.487. The normalized spacial score (nSPS) is 18.5. The van der Waals surface area contributed by atoms with Crippen molar-refractivity contribution >= 4 is 29.6 Å². The molecule has 4 amide bonds.